The van der Waals surface area contributed by atoms with Gasteiger partial charge in [0.1, 0.15) is 17.5 Å². The second kappa shape index (κ2) is 2.70. The molecule has 0 amide bonds. The summed E-state index contributed by atoms with van der Waals surface area (Å²) in [6.45, 7) is 3.69. The van der Waals surface area contributed by atoms with Crippen molar-refractivity contribution in [2.45, 2.75) is 31.6 Å². The standard InChI is InChI=1S/C9H13NO2S/c1-9(2)8(11)6(10)7-5(12-9)3-4-13-7/h3-4,6,8,11H,10H2,1-2H3. The molecular weight excluding hydrogens is 186 g/mol. The fourth-order valence-electron chi connectivity index (χ4n) is 1.56. The molecule has 0 saturated heterocycles. The van der Waals surface area contributed by atoms with E-state index >= 15 is 0 Å². The Balaban J connectivity index is 2.44. The molecule has 1 aromatic heterocycles. The van der Waals surface area contributed by atoms with Crippen molar-refractivity contribution >= 4 is 11.3 Å². The molecule has 0 spiro atoms. The largest absolute Gasteiger partial charge is 0.484 e. The minimum Gasteiger partial charge on any atom is -0.484 e. The van der Waals surface area contributed by atoms with Crippen LogP contribution in [0.4, 0.5) is 0 Å². The van der Waals surface area contributed by atoms with Crippen molar-refractivity contribution in [3.05, 3.63) is 16.3 Å². The molecule has 2 heterocycles. The van der Waals surface area contributed by atoms with Crippen molar-refractivity contribution in [2.24, 2.45) is 5.73 Å². The first-order valence-corrected chi connectivity index (χ1v) is 5.10. The lowest BCUT2D eigenvalue weighted by Crippen LogP contribution is -2.50. The van der Waals surface area contributed by atoms with Crippen molar-refractivity contribution in [1.82, 2.24) is 0 Å². The molecule has 72 valence electrons. The van der Waals surface area contributed by atoms with Crippen molar-refractivity contribution in [3.8, 4) is 5.75 Å². The Labute approximate surface area is 81.1 Å². The van der Waals surface area contributed by atoms with E-state index in [1.165, 1.54) is 11.3 Å². The summed E-state index contributed by atoms with van der Waals surface area (Å²) in [5, 5.41) is 11.8. The number of fused-ring (bicyclic) bond motifs is 1. The molecule has 1 aliphatic heterocycles. The SMILES string of the molecule is CC1(C)Oc2ccsc2C(N)C1O. The summed E-state index contributed by atoms with van der Waals surface area (Å²) in [6, 6.07) is 1.58. The van der Waals surface area contributed by atoms with Gasteiger partial charge in [-0.05, 0) is 25.3 Å². The van der Waals surface area contributed by atoms with Crippen molar-refractivity contribution in [1.29, 1.82) is 0 Å². The molecule has 0 aliphatic carbocycles. The van der Waals surface area contributed by atoms with Gasteiger partial charge in [0.25, 0.3) is 0 Å². The van der Waals surface area contributed by atoms with Gasteiger partial charge in [-0.1, -0.05) is 0 Å². The molecule has 3 nitrogen and oxygen atoms in total. The summed E-state index contributed by atoms with van der Waals surface area (Å²) in [5.41, 5.74) is 5.30. The van der Waals surface area contributed by atoms with Crippen LogP contribution in [-0.2, 0) is 0 Å². The molecular formula is C9H13NO2S. The monoisotopic (exact) mass is 199 g/mol. The van der Waals surface area contributed by atoms with Crippen LogP contribution in [0.25, 0.3) is 0 Å². The van der Waals surface area contributed by atoms with Gasteiger partial charge in [-0.15, -0.1) is 11.3 Å². The third-order valence-corrected chi connectivity index (χ3v) is 3.38. The molecule has 3 N–H and O–H groups in total. The second-order valence-electron chi connectivity index (χ2n) is 3.83. The van der Waals surface area contributed by atoms with E-state index in [4.69, 9.17) is 10.5 Å². The summed E-state index contributed by atoms with van der Waals surface area (Å²) in [7, 11) is 0. The molecule has 1 aromatic rings. The Hall–Kier alpha value is -0.580. The Bertz CT molecular complexity index is 321. The predicted octanol–water partition coefficient (Wildman–Crippen LogP) is 1.28. The number of hydrogen-bond donors (Lipinski definition) is 2. The van der Waals surface area contributed by atoms with E-state index in [2.05, 4.69) is 0 Å². The fourth-order valence-corrected chi connectivity index (χ4v) is 2.41. The van der Waals surface area contributed by atoms with E-state index in [0.29, 0.717) is 0 Å². The highest BCUT2D eigenvalue weighted by atomic mass is 32.1. The number of aliphatic hydroxyl groups excluding tert-OH is 1. The maximum atomic E-state index is 9.83. The van der Waals surface area contributed by atoms with E-state index in [1.807, 2.05) is 25.3 Å². The van der Waals surface area contributed by atoms with E-state index in [9.17, 15) is 5.11 Å². The smallest absolute Gasteiger partial charge is 0.135 e. The maximum Gasteiger partial charge on any atom is 0.135 e. The van der Waals surface area contributed by atoms with Crippen LogP contribution in [0.1, 0.15) is 24.8 Å². The van der Waals surface area contributed by atoms with E-state index in [-0.39, 0.29) is 6.04 Å². The van der Waals surface area contributed by atoms with Gasteiger partial charge in [0.15, 0.2) is 0 Å². The lowest BCUT2D eigenvalue weighted by Gasteiger charge is -2.39. The minimum atomic E-state index is -0.640. The van der Waals surface area contributed by atoms with Gasteiger partial charge in [-0.25, -0.2) is 0 Å². The molecule has 4 heteroatoms. The van der Waals surface area contributed by atoms with Crippen LogP contribution in [0.2, 0.25) is 0 Å². The second-order valence-corrected chi connectivity index (χ2v) is 4.77. The number of rotatable bonds is 0. The summed E-state index contributed by atoms with van der Waals surface area (Å²) in [4.78, 5) is 0.937. The van der Waals surface area contributed by atoms with Gasteiger partial charge in [0.2, 0.25) is 0 Å². The van der Waals surface area contributed by atoms with Crippen LogP contribution >= 0.6 is 11.3 Å². The van der Waals surface area contributed by atoms with Crippen LogP contribution in [-0.4, -0.2) is 16.8 Å². The number of thiophene rings is 1. The van der Waals surface area contributed by atoms with Gasteiger partial charge in [0.05, 0.1) is 10.9 Å². The normalized spacial score (nSPS) is 30.8. The van der Waals surface area contributed by atoms with Crippen LogP contribution in [0.3, 0.4) is 0 Å². The van der Waals surface area contributed by atoms with Gasteiger partial charge in [0, 0.05) is 0 Å². The molecule has 0 fully saturated rings. The van der Waals surface area contributed by atoms with Crippen LogP contribution in [0.5, 0.6) is 5.75 Å². The highest BCUT2D eigenvalue weighted by molar-refractivity contribution is 7.10. The van der Waals surface area contributed by atoms with Crippen LogP contribution in [0, 0.1) is 0 Å². The summed E-state index contributed by atoms with van der Waals surface area (Å²) in [5.74, 6) is 0.813. The summed E-state index contributed by atoms with van der Waals surface area (Å²) < 4.78 is 5.62. The van der Waals surface area contributed by atoms with Crippen molar-refractivity contribution in [3.63, 3.8) is 0 Å². The zero-order valence-electron chi connectivity index (χ0n) is 7.65. The quantitative estimate of drug-likeness (QED) is 0.661. The number of ether oxygens (including phenoxy) is 1. The van der Waals surface area contributed by atoms with E-state index in [1.54, 1.807) is 0 Å². The molecule has 0 radical (unpaired) electrons. The highest BCUT2D eigenvalue weighted by Crippen LogP contribution is 2.41. The zero-order chi connectivity index (χ0) is 9.64. The van der Waals surface area contributed by atoms with Crippen LogP contribution < -0.4 is 10.5 Å². The van der Waals surface area contributed by atoms with E-state index < -0.39 is 11.7 Å². The molecule has 2 atom stereocenters. The van der Waals surface area contributed by atoms with Crippen LogP contribution in [0.15, 0.2) is 11.4 Å². The Kier molecular flexibility index (Phi) is 1.87. The van der Waals surface area contributed by atoms with Gasteiger partial charge >= 0.3 is 0 Å². The average molecular weight is 199 g/mol. The third-order valence-electron chi connectivity index (χ3n) is 2.39. The van der Waals surface area contributed by atoms with Crippen molar-refractivity contribution < 1.29 is 9.84 Å². The minimum absolute atomic E-state index is 0.321. The molecule has 13 heavy (non-hydrogen) atoms. The number of aliphatic hydroxyl groups is 1. The molecule has 2 rings (SSSR count). The topological polar surface area (TPSA) is 55.5 Å². The number of nitrogens with two attached hydrogens (primary N) is 1. The predicted molar refractivity (Wildman–Crippen MR) is 52.0 cm³/mol. The highest BCUT2D eigenvalue weighted by Gasteiger charge is 2.41. The number of hydrogen-bond acceptors (Lipinski definition) is 4. The van der Waals surface area contributed by atoms with Gasteiger partial charge < -0.3 is 15.6 Å². The Morgan fingerprint density at radius 2 is 2.31 bits per heavy atom. The average Bonchev–Trinajstić information content (AvgIpc) is 2.47. The molecule has 0 aromatic carbocycles. The fraction of sp³-hybridized carbons (Fsp3) is 0.556. The Morgan fingerprint density at radius 3 is 3.00 bits per heavy atom. The molecule has 0 saturated carbocycles. The lowest BCUT2D eigenvalue weighted by molar-refractivity contribution is -0.0556. The van der Waals surface area contributed by atoms with Gasteiger partial charge in [-0.2, -0.15) is 0 Å². The van der Waals surface area contributed by atoms with Gasteiger partial charge in [-0.3, -0.25) is 0 Å². The lowest BCUT2D eigenvalue weighted by atomic mass is 9.91. The molecule has 2 unspecified atom stereocenters. The molecule has 1 aliphatic rings. The summed E-state index contributed by atoms with van der Waals surface area (Å²) in [6.07, 6.45) is -0.640. The zero-order valence-corrected chi connectivity index (χ0v) is 8.47. The first-order valence-electron chi connectivity index (χ1n) is 4.22. The third kappa shape index (κ3) is 1.25. The van der Waals surface area contributed by atoms with Crippen molar-refractivity contribution in [2.75, 3.05) is 0 Å². The maximum absolute atomic E-state index is 9.83. The Morgan fingerprint density at radius 1 is 1.62 bits per heavy atom. The molecule has 0 bridgehead atoms. The van der Waals surface area contributed by atoms with E-state index in [0.717, 1.165) is 10.6 Å². The first kappa shape index (κ1) is 8.99. The first-order chi connectivity index (χ1) is 6.02. The summed E-state index contributed by atoms with van der Waals surface area (Å²) >= 11 is 1.53.